The Labute approximate surface area is 162 Å². The molecule has 8 heteroatoms. The molecule has 1 aliphatic carbocycles. The molecule has 2 heterocycles. The molecule has 1 aromatic heterocycles. The highest BCUT2D eigenvalue weighted by atomic mass is 16.7. The zero-order chi connectivity index (χ0) is 19.7. The van der Waals surface area contributed by atoms with E-state index in [1.165, 1.54) is 20.0 Å². The normalized spacial score (nSPS) is 19.9. The van der Waals surface area contributed by atoms with Crippen LogP contribution in [0.5, 0.6) is 0 Å². The average Bonchev–Trinajstić information content (AvgIpc) is 3.44. The van der Waals surface area contributed by atoms with Crippen LogP contribution in [-0.2, 0) is 23.9 Å². The van der Waals surface area contributed by atoms with Crippen molar-refractivity contribution in [1.29, 1.82) is 0 Å². The van der Waals surface area contributed by atoms with Crippen molar-refractivity contribution in [3.63, 3.8) is 0 Å². The van der Waals surface area contributed by atoms with Crippen LogP contribution in [0.2, 0.25) is 0 Å². The van der Waals surface area contributed by atoms with Gasteiger partial charge in [-0.25, -0.2) is 9.59 Å². The topological polar surface area (TPSA) is 91.7 Å². The van der Waals surface area contributed by atoms with Gasteiger partial charge < -0.3 is 9.47 Å². The van der Waals surface area contributed by atoms with Gasteiger partial charge in [0.25, 0.3) is 0 Å². The number of methoxy groups -OCH3 is 1. The Morgan fingerprint density at radius 1 is 1.32 bits per heavy atom. The van der Waals surface area contributed by atoms with E-state index in [-0.39, 0.29) is 0 Å². The van der Waals surface area contributed by atoms with Crippen LogP contribution in [0, 0.1) is 0 Å². The number of fused-ring (bicyclic) bond motifs is 1. The number of hydroxylamine groups is 1. The Morgan fingerprint density at radius 2 is 2.11 bits per heavy atom. The maximum absolute atomic E-state index is 12.2. The Kier molecular flexibility index (Phi) is 5.04. The number of nitrogens with one attached hydrogen (secondary N) is 1. The monoisotopic (exact) mass is 385 g/mol. The highest BCUT2D eigenvalue weighted by molar-refractivity contribution is 5.88. The predicted octanol–water partition coefficient (Wildman–Crippen LogP) is 2.50. The van der Waals surface area contributed by atoms with Crippen LogP contribution >= 0.6 is 0 Å². The van der Waals surface area contributed by atoms with Gasteiger partial charge in [0.15, 0.2) is 6.61 Å². The Morgan fingerprint density at radius 3 is 2.86 bits per heavy atom. The van der Waals surface area contributed by atoms with Crippen LogP contribution in [0.3, 0.4) is 0 Å². The number of hydrogen-bond acceptors (Lipinski definition) is 7. The summed E-state index contributed by atoms with van der Waals surface area (Å²) >= 11 is 0. The molecule has 1 aliphatic heterocycles. The lowest BCUT2D eigenvalue weighted by atomic mass is 10.0. The SMILES string of the molecule is COC(=O)COC(=O)C1ONC(c2ccc3cnn(C4CCCC4)c3c2)=C1C. The fourth-order valence-electron chi connectivity index (χ4n) is 3.83. The Bertz CT molecular complexity index is 942. The second-order valence-corrected chi connectivity index (χ2v) is 7.14. The summed E-state index contributed by atoms with van der Waals surface area (Å²) in [4.78, 5) is 28.8. The number of hydrogen-bond donors (Lipinski definition) is 1. The minimum absolute atomic E-state index is 0.440. The smallest absolute Gasteiger partial charge is 0.344 e. The number of aromatic nitrogens is 2. The number of ether oxygens (including phenoxy) is 2. The number of nitrogens with zero attached hydrogens (tertiary/aromatic N) is 2. The van der Waals surface area contributed by atoms with E-state index in [9.17, 15) is 9.59 Å². The van der Waals surface area contributed by atoms with Gasteiger partial charge in [0.1, 0.15) is 0 Å². The average molecular weight is 385 g/mol. The van der Waals surface area contributed by atoms with Crippen LogP contribution in [-0.4, -0.2) is 41.5 Å². The molecule has 28 heavy (non-hydrogen) atoms. The predicted molar refractivity (Wildman–Crippen MR) is 101 cm³/mol. The van der Waals surface area contributed by atoms with Gasteiger partial charge in [-0.05, 0) is 31.4 Å². The molecule has 1 saturated carbocycles. The molecule has 1 fully saturated rings. The van der Waals surface area contributed by atoms with Gasteiger partial charge in [-0.15, -0.1) is 0 Å². The van der Waals surface area contributed by atoms with Gasteiger partial charge in [-0.2, -0.15) is 5.10 Å². The zero-order valence-electron chi connectivity index (χ0n) is 15.9. The van der Waals surface area contributed by atoms with E-state index in [4.69, 9.17) is 9.57 Å². The first-order valence-electron chi connectivity index (χ1n) is 9.42. The number of benzene rings is 1. The summed E-state index contributed by atoms with van der Waals surface area (Å²) in [5.74, 6) is -1.26. The van der Waals surface area contributed by atoms with Gasteiger partial charge in [-0.3, -0.25) is 15.0 Å². The maximum Gasteiger partial charge on any atom is 0.344 e. The van der Waals surface area contributed by atoms with E-state index in [0.29, 0.717) is 11.6 Å². The third kappa shape index (κ3) is 3.35. The molecule has 0 spiro atoms. The van der Waals surface area contributed by atoms with Crippen molar-refractivity contribution < 1.29 is 23.9 Å². The van der Waals surface area contributed by atoms with Gasteiger partial charge in [-0.1, -0.05) is 25.0 Å². The van der Waals surface area contributed by atoms with E-state index in [1.54, 1.807) is 6.92 Å². The molecule has 1 N–H and O–H groups in total. The minimum Gasteiger partial charge on any atom is -0.466 e. The van der Waals surface area contributed by atoms with Gasteiger partial charge in [0, 0.05) is 10.9 Å². The van der Waals surface area contributed by atoms with Crippen molar-refractivity contribution in [2.45, 2.75) is 44.8 Å². The molecule has 0 bridgehead atoms. The molecular weight excluding hydrogens is 362 g/mol. The molecule has 1 unspecified atom stereocenters. The van der Waals surface area contributed by atoms with Crippen molar-refractivity contribution in [1.82, 2.24) is 15.3 Å². The summed E-state index contributed by atoms with van der Waals surface area (Å²) in [7, 11) is 1.24. The van der Waals surface area contributed by atoms with Gasteiger partial charge in [0.05, 0.1) is 30.6 Å². The van der Waals surface area contributed by atoms with E-state index in [2.05, 4.69) is 26.1 Å². The Hall–Kier alpha value is -2.87. The number of rotatable bonds is 5. The number of esters is 2. The summed E-state index contributed by atoms with van der Waals surface area (Å²) in [5, 5.41) is 5.67. The van der Waals surface area contributed by atoms with E-state index in [0.717, 1.165) is 35.0 Å². The molecule has 148 valence electrons. The molecule has 2 aromatic rings. The lowest BCUT2D eigenvalue weighted by Gasteiger charge is -2.12. The first-order chi connectivity index (χ1) is 13.6. The molecular formula is C20H23N3O5. The van der Waals surface area contributed by atoms with E-state index >= 15 is 0 Å². The second kappa shape index (κ2) is 7.63. The van der Waals surface area contributed by atoms with E-state index in [1.807, 2.05) is 18.3 Å². The van der Waals surface area contributed by atoms with Gasteiger partial charge >= 0.3 is 11.9 Å². The summed E-state index contributed by atoms with van der Waals surface area (Å²) in [5.41, 5.74) is 6.24. The highest BCUT2D eigenvalue weighted by Crippen LogP contribution is 2.33. The van der Waals surface area contributed by atoms with Crippen molar-refractivity contribution in [3.05, 3.63) is 35.5 Å². The zero-order valence-corrected chi connectivity index (χ0v) is 15.9. The van der Waals surface area contributed by atoms with Crippen molar-refractivity contribution in [3.8, 4) is 0 Å². The molecule has 1 aromatic carbocycles. The number of carbonyl (C=O) groups is 2. The summed E-state index contributed by atoms with van der Waals surface area (Å²) < 4.78 is 11.5. The van der Waals surface area contributed by atoms with Crippen LogP contribution in [0.15, 0.2) is 30.0 Å². The first-order valence-corrected chi connectivity index (χ1v) is 9.42. The van der Waals surface area contributed by atoms with Crippen molar-refractivity contribution in [2.75, 3.05) is 13.7 Å². The molecule has 0 saturated heterocycles. The first kappa shape index (κ1) is 18.5. The Balaban J connectivity index is 1.58. The molecule has 0 radical (unpaired) electrons. The van der Waals surface area contributed by atoms with Crippen LogP contribution in [0.4, 0.5) is 0 Å². The highest BCUT2D eigenvalue weighted by Gasteiger charge is 2.32. The van der Waals surface area contributed by atoms with Gasteiger partial charge in [0.2, 0.25) is 6.10 Å². The lowest BCUT2D eigenvalue weighted by Crippen LogP contribution is -2.28. The summed E-state index contributed by atoms with van der Waals surface area (Å²) in [6.07, 6.45) is 5.76. The molecule has 2 aliphatic rings. The van der Waals surface area contributed by atoms with Crippen molar-refractivity contribution >= 4 is 28.5 Å². The largest absolute Gasteiger partial charge is 0.466 e. The molecule has 4 rings (SSSR count). The quantitative estimate of drug-likeness (QED) is 0.791. The van der Waals surface area contributed by atoms with Crippen molar-refractivity contribution in [2.24, 2.45) is 0 Å². The van der Waals surface area contributed by atoms with Crippen LogP contribution in [0.25, 0.3) is 16.6 Å². The molecule has 8 nitrogen and oxygen atoms in total. The fraction of sp³-hybridized carbons (Fsp3) is 0.450. The van der Waals surface area contributed by atoms with Crippen LogP contribution in [0.1, 0.15) is 44.2 Å². The minimum atomic E-state index is -0.907. The van der Waals surface area contributed by atoms with E-state index < -0.39 is 24.6 Å². The maximum atomic E-state index is 12.2. The third-order valence-corrected chi connectivity index (χ3v) is 5.40. The molecule has 0 amide bonds. The lowest BCUT2D eigenvalue weighted by molar-refractivity contribution is -0.164. The molecule has 1 atom stereocenters. The number of carbonyl (C=O) groups excluding carboxylic acids is 2. The van der Waals surface area contributed by atoms with Crippen LogP contribution < -0.4 is 5.48 Å². The standard InChI is InChI=1S/C20H23N3O5/c1-12-18(22-28-19(12)20(25)27-11-17(24)26-2)13-7-8-14-10-21-23(16(14)9-13)15-5-3-4-6-15/h7-10,15,19,22H,3-6,11H2,1-2H3. The summed E-state index contributed by atoms with van der Waals surface area (Å²) in [6, 6.07) is 6.50. The second-order valence-electron chi connectivity index (χ2n) is 7.14. The summed E-state index contributed by atoms with van der Waals surface area (Å²) in [6.45, 7) is 1.36. The third-order valence-electron chi connectivity index (χ3n) is 5.40. The fourth-order valence-corrected chi connectivity index (χ4v) is 3.83.